The van der Waals surface area contributed by atoms with E-state index in [1.807, 2.05) is 28.8 Å². The Bertz CT molecular complexity index is 1020. The predicted octanol–water partition coefficient (Wildman–Crippen LogP) is 3.06. The van der Waals surface area contributed by atoms with Gasteiger partial charge in [-0.2, -0.15) is 0 Å². The van der Waals surface area contributed by atoms with Gasteiger partial charge in [-0.3, -0.25) is 0 Å². The second-order valence-electron chi connectivity index (χ2n) is 6.49. The first-order valence-electron chi connectivity index (χ1n) is 8.02. The summed E-state index contributed by atoms with van der Waals surface area (Å²) in [5, 5.41) is 18.3. The molecule has 0 amide bonds. The van der Waals surface area contributed by atoms with Crippen LogP contribution in [0.4, 0.5) is 0 Å². The van der Waals surface area contributed by atoms with Crippen LogP contribution in [0.5, 0.6) is 0 Å². The number of aliphatic hydroxyl groups is 1. The molecule has 3 aromatic heterocycles. The van der Waals surface area contributed by atoms with Gasteiger partial charge in [-0.25, -0.2) is 9.50 Å². The first-order chi connectivity index (χ1) is 11.5. The van der Waals surface area contributed by atoms with E-state index in [0.29, 0.717) is 0 Å². The number of hydrogen-bond acceptors (Lipinski definition) is 4. The molecule has 0 saturated carbocycles. The van der Waals surface area contributed by atoms with Crippen LogP contribution in [0.25, 0.3) is 27.9 Å². The van der Waals surface area contributed by atoms with E-state index in [1.165, 1.54) is 0 Å². The summed E-state index contributed by atoms with van der Waals surface area (Å²) < 4.78 is 1.83. The number of nitrogens with one attached hydrogen (secondary N) is 1. The summed E-state index contributed by atoms with van der Waals surface area (Å²) in [5.41, 5.74) is 5.93. The fourth-order valence-corrected chi connectivity index (χ4v) is 3.11. The second-order valence-corrected chi connectivity index (χ2v) is 6.49. The van der Waals surface area contributed by atoms with E-state index in [0.717, 1.165) is 45.5 Å². The summed E-state index contributed by atoms with van der Waals surface area (Å²) >= 11 is 0. The van der Waals surface area contributed by atoms with E-state index in [2.05, 4.69) is 27.2 Å². The molecule has 0 unspecified atom stereocenters. The lowest BCUT2D eigenvalue weighted by molar-refractivity contribution is 0.0786. The quantitative estimate of drug-likeness (QED) is 0.608. The van der Waals surface area contributed by atoms with Crippen molar-refractivity contribution < 1.29 is 5.11 Å². The fraction of sp³-hybridized carbons (Fsp3) is 0.278. The third-order valence-corrected chi connectivity index (χ3v) is 4.40. The number of benzene rings is 1. The number of H-pyrrole nitrogens is 1. The van der Waals surface area contributed by atoms with E-state index in [4.69, 9.17) is 0 Å². The van der Waals surface area contributed by atoms with Crippen LogP contribution in [-0.2, 0) is 12.0 Å². The number of aryl methyl sites for hydroxylation is 1. The molecule has 0 aliphatic carbocycles. The maximum Gasteiger partial charge on any atom is 0.156 e. The standard InChI is InChI=1S/C18H19N5O/c1-4-14-15(11-5-7-12(8-6-11)18(2,3)24)21-17-16(14)23-13(9-19-17)10-20-22-23/h5-10,21,24H,4H2,1-3H3. The van der Waals surface area contributed by atoms with Gasteiger partial charge in [0.05, 0.1) is 23.7 Å². The minimum absolute atomic E-state index is 0.798. The lowest BCUT2D eigenvalue weighted by Gasteiger charge is -2.17. The van der Waals surface area contributed by atoms with Crippen LogP contribution in [0, 0.1) is 0 Å². The molecule has 4 rings (SSSR count). The van der Waals surface area contributed by atoms with Crippen molar-refractivity contribution in [1.29, 1.82) is 0 Å². The first kappa shape index (κ1) is 14.8. The highest BCUT2D eigenvalue weighted by molar-refractivity contribution is 5.87. The molecule has 1 aromatic carbocycles. The maximum absolute atomic E-state index is 10.1. The Hall–Kier alpha value is -2.73. The zero-order valence-corrected chi connectivity index (χ0v) is 13.9. The van der Waals surface area contributed by atoms with Crippen molar-refractivity contribution in [1.82, 2.24) is 24.8 Å². The van der Waals surface area contributed by atoms with E-state index >= 15 is 0 Å². The average Bonchev–Trinajstić information content (AvgIpc) is 3.17. The minimum atomic E-state index is -0.846. The Morgan fingerprint density at radius 1 is 1.17 bits per heavy atom. The van der Waals surface area contributed by atoms with Crippen molar-refractivity contribution in [3.05, 3.63) is 47.8 Å². The average molecular weight is 321 g/mol. The minimum Gasteiger partial charge on any atom is -0.386 e. The Morgan fingerprint density at radius 2 is 1.92 bits per heavy atom. The molecule has 6 heteroatoms. The van der Waals surface area contributed by atoms with Gasteiger partial charge in [0.1, 0.15) is 11.0 Å². The fourth-order valence-electron chi connectivity index (χ4n) is 3.11. The van der Waals surface area contributed by atoms with Crippen LogP contribution in [0.1, 0.15) is 31.9 Å². The summed E-state index contributed by atoms with van der Waals surface area (Å²) in [7, 11) is 0. The maximum atomic E-state index is 10.1. The summed E-state index contributed by atoms with van der Waals surface area (Å²) in [6.07, 6.45) is 4.32. The topological polar surface area (TPSA) is 79.1 Å². The third-order valence-electron chi connectivity index (χ3n) is 4.40. The van der Waals surface area contributed by atoms with E-state index in [1.54, 1.807) is 26.2 Å². The van der Waals surface area contributed by atoms with Crippen molar-refractivity contribution in [2.24, 2.45) is 0 Å². The molecular weight excluding hydrogens is 302 g/mol. The summed E-state index contributed by atoms with van der Waals surface area (Å²) in [6.45, 7) is 5.69. The number of aromatic nitrogens is 5. The normalized spacial score (nSPS) is 12.3. The van der Waals surface area contributed by atoms with Crippen LogP contribution < -0.4 is 0 Å². The van der Waals surface area contributed by atoms with Crippen LogP contribution in [0.2, 0.25) is 0 Å². The molecule has 0 radical (unpaired) electrons. The van der Waals surface area contributed by atoms with Gasteiger partial charge in [0.25, 0.3) is 0 Å². The van der Waals surface area contributed by atoms with Gasteiger partial charge >= 0.3 is 0 Å². The van der Waals surface area contributed by atoms with Crippen molar-refractivity contribution in [2.45, 2.75) is 32.8 Å². The number of hydrogen-bond donors (Lipinski definition) is 2. The van der Waals surface area contributed by atoms with Gasteiger partial charge in [-0.05, 0) is 31.4 Å². The van der Waals surface area contributed by atoms with Crippen LogP contribution in [-0.4, -0.2) is 29.9 Å². The Morgan fingerprint density at radius 3 is 2.58 bits per heavy atom. The van der Waals surface area contributed by atoms with Crippen molar-refractivity contribution in [3.63, 3.8) is 0 Å². The van der Waals surface area contributed by atoms with E-state index < -0.39 is 5.60 Å². The zero-order chi connectivity index (χ0) is 16.9. The molecule has 6 nitrogen and oxygen atoms in total. The SMILES string of the molecule is CCc1c(-c2ccc(C(C)(C)O)cc2)[nH]c2ncc3cnnn3c12. The first-order valence-corrected chi connectivity index (χ1v) is 8.02. The number of aromatic amines is 1. The Labute approximate surface area is 139 Å². The van der Waals surface area contributed by atoms with Crippen molar-refractivity contribution in [3.8, 4) is 11.3 Å². The molecule has 2 N–H and O–H groups in total. The molecule has 0 aliphatic heterocycles. The van der Waals surface area contributed by atoms with Gasteiger partial charge in [0.15, 0.2) is 5.65 Å². The highest BCUT2D eigenvalue weighted by atomic mass is 16.3. The van der Waals surface area contributed by atoms with E-state index in [9.17, 15) is 5.11 Å². The van der Waals surface area contributed by atoms with Gasteiger partial charge in [0.2, 0.25) is 0 Å². The molecule has 0 bridgehead atoms. The van der Waals surface area contributed by atoms with Gasteiger partial charge in [-0.1, -0.05) is 36.4 Å². The molecule has 0 saturated heterocycles. The zero-order valence-electron chi connectivity index (χ0n) is 13.9. The number of rotatable bonds is 3. The Balaban J connectivity index is 1.93. The van der Waals surface area contributed by atoms with Crippen LogP contribution >= 0.6 is 0 Å². The van der Waals surface area contributed by atoms with Gasteiger partial charge < -0.3 is 10.1 Å². The summed E-state index contributed by atoms with van der Waals surface area (Å²) in [4.78, 5) is 7.91. The smallest absolute Gasteiger partial charge is 0.156 e. The Kier molecular flexibility index (Phi) is 3.18. The molecule has 0 fully saturated rings. The summed E-state index contributed by atoms with van der Waals surface area (Å²) in [5.74, 6) is 0. The van der Waals surface area contributed by atoms with Crippen molar-refractivity contribution in [2.75, 3.05) is 0 Å². The molecule has 0 atom stereocenters. The summed E-state index contributed by atoms with van der Waals surface area (Å²) in [6, 6.07) is 7.96. The highest BCUT2D eigenvalue weighted by Crippen LogP contribution is 2.31. The van der Waals surface area contributed by atoms with Crippen LogP contribution in [0.3, 0.4) is 0 Å². The third kappa shape index (κ3) is 2.18. The lowest BCUT2D eigenvalue weighted by atomic mass is 9.96. The molecule has 0 spiro atoms. The molecular formula is C18H19N5O. The molecule has 4 aromatic rings. The molecule has 0 aliphatic rings. The van der Waals surface area contributed by atoms with Gasteiger partial charge in [0, 0.05) is 5.56 Å². The largest absolute Gasteiger partial charge is 0.386 e. The van der Waals surface area contributed by atoms with E-state index in [-0.39, 0.29) is 0 Å². The number of fused-ring (bicyclic) bond motifs is 3. The molecule has 24 heavy (non-hydrogen) atoms. The monoisotopic (exact) mass is 321 g/mol. The van der Waals surface area contributed by atoms with Crippen LogP contribution in [0.15, 0.2) is 36.7 Å². The predicted molar refractivity (Wildman–Crippen MR) is 92.7 cm³/mol. The molecule has 122 valence electrons. The number of nitrogens with zero attached hydrogens (tertiary/aromatic N) is 4. The lowest BCUT2D eigenvalue weighted by Crippen LogP contribution is -2.14. The van der Waals surface area contributed by atoms with Crippen molar-refractivity contribution >= 4 is 16.7 Å². The molecule has 3 heterocycles. The van der Waals surface area contributed by atoms with Gasteiger partial charge in [-0.15, -0.1) is 5.10 Å². The highest BCUT2D eigenvalue weighted by Gasteiger charge is 2.18. The second kappa shape index (κ2) is 5.14.